The van der Waals surface area contributed by atoms with Crippen LogP contribution in [-0.4, -0.2) is 35.9 Å². The van der Waals surface area contributed by atoms with E-state index in [4.69, 9.17) is 16.3 Å². The Morgan fingerprint density at radius 3 is 2.56 bits per heavy atom. The van der Waals surface area contributed by atoms with Gasteiger partial charge in [0.2, 0.25) is 0 Å². The fourth-order valence-corrected chi connectivity index (χ4v) is 4.37. The Labute approximate surface area is 159 Å². The number of alkyl halides is 3. The van der Waals surface area contributed by atoms with Crippen molar-refractivity contribution in [2.45, 2.75) is 43.9 Å². The minimum absolute atomic E-state index is 0.0563. The predicted octanol–water partition coefficient (Wildman–Crippen LogP) is 4.72. The third-order valence-corrected chi connectivity index (χ3v) is 5.89. The summed E-state index contributed by atoms with van der Waals surface area (Å²) < 4.78 is 47.8. The molecule has 1 unspecified atom stereocenters. The predicted molar refractivity (Wildman–Crippen MR) is 96.1 cm³/mol. The highest BCUT2D eigenvalue weighted by atomic mass is 35.5. The minimum Gasteiger partial charge on any atom is -0.377 e. The summed E-state index contributed by atoms with van der Waals surface area (Å²) in [5, 5.41) is 3.09. The zero-order chi connectivity index (χ0) is 19.2. The minimum atomic E-state index is -4.48. The normalized spacial score (nSPS) is 20.0. The van der Waals surface area contributed by atoms with Gasteiger partial charge in [-0.2, -0.15) is 13.2 Å². The lowest BCUT2D eigenvalue weighted by molar-refractivity contribution is -0.164. The van der Waals surface area contributed by atoms with Crippen LogP contribution in [0.4, 0.5) is 13.2 Å². The van der Waals surface area contributed by atoms with Crippen molar-refractivity contribution < 1.29 is 22.7 Å². The fourth-order valence-electron chi connectivity index (χ4n) is 4.10. The van der Waals surface area contributed by atoms with Gasteiger partial charge in [-0.3, -0.25) is 4.79 Å². The number of benzene rings is 1. The Hall–Kier alpha value is -1.73. The molecule has 2 heterocycles. The van der Waals surface area contributed by atoms with Gasteiger partial charge >= 0.3 is 6.18 Å². The van der Waals surface area contributed by atoms with Crippen molar-refractivity contribution in [3.05, 3.63) is 35.0 Å². The number of hydrogen-bond acceptors (Lipinski definition) is 2. The Kier molecular flexibility index (Phi) is 4.84. The van der Waals surface area contributed by atoms with Gasteiger partial charge in [-0.15, -0.1) is 0 Å². The number of carbonyl (C=O) groups excluding carboxylic acids is 1. The van der Waals surface area contributed by atoms with Gasteiger partial charge in [0.15, 0.2) is 0 Å². The lowest BCUT2D eigenvalue weighted by atomic mass is 9.97. The number of nitrogens with one attached hydrogen (secondary N) is 1. The summed E-state index contributed by atoms with van der Waals surface area (Å²) in [5.41, 5.74) is 0.903. The third kappa shape index (κ3) is 3.43. The van der Waals surface area contributed by atoms with Crippen molar-refractivity contribution in [2.24, 2.45) is 5.92 Å². The highest BCUT2D eigenvalue weighted by Crippen LogP contribution is 2.37. The first-order chi connectivity index (χ1) is 12.9. The lowest BCUT2D eigenvalue weighted by Gasteiger charge is -2.28. The SMILES string of the molecule is O=C(NC(C1CCCC1)C(F)(F)F)c1cn(C2COC2)c2cccc(Cl)c12. The molecule has 0 radical (unpaired) electrons. The number of aromatic nitrogens is 1. The smallest absolute Gasteiger partial charge is 0.377 e. The van der Waals surface area contributed by atoms with E-state index in [1.807, 2.05) is 10.6 Å². The number of hydrogen-bond donors (Lipinski definition) is 1. The number of carbonyl (C=O) groups is 1. The maximum absolute atomic E-state index is 13.6. The number of nitrogens with zero attached hydrogens (tertiary/aromatic N) is 1. The molecule has 1 aliphatic heterocycles. The number of ether oxygens (including phenoxy) is 1. The summed E-state index contributed by atoms with van der Waals surface area (Å²) in [6.45, 7) is 1.01. The first-order valence-electron chi connectivity index (χ1n) is 9.10. The number of amides is 1. The average Bonchev–Trinajstić information content (AvgIpc) is 3.19. The Morgan fingerprint density at radius 1 is 1.26 bits per heavy atom. The topological polar surface area (TPSA) is 43.3 Å². The van der Waals surface area contributed by atoms with Crippen molar-refractivity contribution in [1.29, 1.82) is 0 Å². The molecule has 1 atom stereocenters. The van der Waals surface area contributed by atoms with Crippen LogP contribution in [0.5, 0.6) is 0 Å². The molecule has 8 heteroatoms. The van der Waals surface area contributed by atoms with E-state index in [0.717, 1.165) is 18.4 Å². The fraction of sp³-hybridized carbons (Fsp3) is 0.526. The second-order valence-electron chi connectivity index (χ2n) is 7.31. The van der Waals surface area contributed by atoms with Crippen LogP contribution in [0.2, 0.25) is 5.02 Å². The number of halogens is 4. The van der Waals surface area contributed by atoms with Crippen LogP contribution < -0.4 is 5.32 Å². The summed E-state index contributed by atoms with van der Waals surface area (Å²) in [6, 6.07) is 3.44. The van der Waals surface area contributed by atoms with E-state index in [1.54, 1.807) is 18.3 Å². The van der Waals surface area contributed by atoms with Gasteiger partial charge in [0.1, 0.15) is 6.04 Å². The van der Waals surface area contributed by atoms with Crippen molar-refractivity contribution >= 4 is 28.4 Å². The van der Waals surface area contributed by atoms with Crippen LogP contribution in [0, 0.1) is 5.92 Å². The second-order valence-corrected chi connectivity index (χ2v) is 7.72. The molecule has 1 aromatic carbocycles. The quantitative estimate of drug-likeness (QED) is 0.807. The molecule has 1 saturated carbocycles. The van der Waals surface area contributed by atoms with E-state index in [9.17, 15) is 18.0 Å². The maximum atomic E-state index is 13.6. The molecule has 2 fully saturated rings. The van der Waals surface area contributed by atoms with Crippen molar-refractivity contribution in [3.63, 3.8) is 0 Å². The van der Waals surface area contributed by atoms with Crippen LogP contribution in [-0.2, 0) is 4.74 Å². The summed E-state index contributed by atoms with van der Waals surface area (Å²) in [6.07, 6.45) is -0.394. The number of rotatable bonds is 4. The van der Waals surface area contributed by atoms with Gasteiger partial charge in [0.25, 0.3) is 5.91 Å². The van der Waals surface area contributed by atoms with Gasteiger partial charge in [-0.1, -0.05) is 30.5 Å². The number of fused-ring (bicyclic) bond motifs is 1. The standard InChI is InChI=1S/C19H20ClF3N2O2/c20-14-6-3-7-15-16(14)13(8-25(15)12-9-27-10-12)18(26)24-17(19(21,22)23)11-4-1-2-5-11/h3,6-8,11-12,17H,1-2,4-5,9-10H2,(H,24,26). The summed E-state index contributed by atoms with van der Waals surface area (Å²) >= 11 is 6.29. The summed E-state index contributed by atoms with van der Waals surface area (Å²) in [5.74, 6) is -1.31. The molecule has 1 aromatic heterocycles. The van der Waals surface area contributed by atoms with Crippen molar-refractivity contribution in [1.82, 2.24) is 9.88 Å². The zero-order valence-corrected chi connectivity index (χ0v) is 15.3. The Balaban J connectivity index is 1.69. The third-order valence-electron chi connectivity index (χ3n) is 5.58. The van der Waals surface area contributed by atoms with Gasteiger partial charge in [-0.25, -0.2) is 0 Å². The first kappa shape index (κ1) is 18.6. The van der Waals surface area contributed by atoms with Crippen LogP contribution in [0.3, 0.4) is 0 Å². The highest BCUT2D eigenvalue weighted by molar-refractivity contribution is 6.36. The van der Waals surface area contributed by atoms with Gasteiger partial charge < -0.3 is 14.6 Å². The van der Waals surface area contributed by atoms with Gasteiger partial charge in [0, 0.05) is 11.6 Å². The molecular weight excluding hydrogens is 381 g/mol. The Bertz CT molecular complexity index is 854. The molecule has 146 valence electrons. The molecule has 2 aliphatic rings. The molecule has 4 nitrogen and oxygen atoms in total. The van der Waals surface area contributed by atoms with E-state index in [0.29, 0.717) is 36.5 Å². The molecule has 0 bridgehead atoms. The summed E-state index contributed by atoms with van der Waals surface area (Å²) in [4.78, 5) is 12.9. The lowest BCUT2D eigenvalue weighted by Crippen LogP contribution is -2.49. The molecular formula is C19H20ClF3N2O2. The molecule has 1 amide bonds. The molecule has 2 aromatic rings. The second kappa shape index (κ2) is 7.02. The highest BCUT2D eigenvalue weighted by Gasteiger charge is 2.46. The van der Waals surface area contributed by atoms with Gasteiger partial charge in [-0.05, 0) is 30.9 Å². The molecule has 1 N–H and O–H groups in total. The largest absolute Gasteiger partial charge is 0.408 e. The molecule has 4 rings (SSSR count). The van der Waals surface area contributed by atoms with Crippen LogP contribution in [0.25, 0.3) is 10.9 Å². The van der Waals surface area contributed by atoms with Crippen molar-refractivity contribution in [2.75, 3.05) is 13.2 Å². The van der Waals surface area contributed by atoms with E-state index in [2.05, 4.69) is 5.32 Å². The van der Waals surface area contributed by atoms with Crippen LogP contribution >= 0.6 is 11.6 Å². The average molecular weight is 401 g/mol. The van der Waals surface area contributed by atoms with Gasteiger partial charge in [0.05, 0.1) is 35.4 Å². The van der Waals surface area contributed by atoms with E-state index in [1.165, 1.54) is 0 Å². The zero-order valence-electron chi connectivity index (χ0n) is 14.6. The van der Waals surface area contributed by atoms with Crippen LogP contribution in [0.15, 0.2) is 24.4 Å². The maximum Gasteiger partial charge on any atom is 0.408 e. The first-order valence-corrected chi connectivity index (χ1v) is 9.48. The van der Waals surface area contributed by atoms with Crippen LogP contribution in [0.1, 0.15) is 42.1 Å². The molecule has 27 heavy (non-hydrogen) atoms. The van der Waals surface area contributed by atoms with E-state index < -0.39 is 24.0 Å². The molecule has 1 saturated heterocycles. The van der Waals surface area contributed by atoms with E-state index in [-0.39, 0.29) is 11.6 Å². The van der Waals surface area contributed by atoms with Crippen molar-refractivity contribution in [3.8, 4) is 0 Å². The van der Waals surface area contributed by atoms with E-state index >= 15 is 0 Å². The summed E-state index contributed by atoms with van der Waals surface area (Å²) in [7, 11) is 0. The monoisotopic (exact) mass is 400 g/mol. The molecule has 1 aliphatic carbocycles. The molecule has 0 spiro atoms. The Morgan fingerprint density at radius 2 is 1.96 bits per heavy atom.